The number of nitrogens with one attached hydrogen (secondary N) is 1. The summed E-state index contributed by atoms with van der Waals surface area (Å²) in [5.41, 5.74) is 0.774. The van der Waals surface area contributed by atoms with E-state index in [1.54, 1.807) is 27.7 Å². The van der Waals surface area contributed by atoms with Gasteiger partial charge in [-0.25, -0.2) is 14.8 Å². The predicted molar refractivity (Wildman–Crippen MR) is 78.9 cm³/mol. The minimum absolute atomic E-state index is 0.0219. The topological polar surface area (TPSA) is 79.2 Å². The fourth-order valence-corrected chi connectivity index (χ4v) is 2.46. The fourth-order valence-electron chi connectivity index (χ4n) is 2.46. The van der Waals surface area contributed by atoms with E-state index in [1.807, 2.05) is 14.0 Å². The van der Waals surface area contributed by atoms with Crippen molar-refractivity contribution in [3.05, 3.63) is 12.0 Å². The van der Waals surface area contributed by atoms with Crippen molar-refractivity contribution in [1.29, 1.82) is 0 Å². The first-order valence-corrected chi connectivity index (χ1v) is 7.02. The lowest BCUT2D eigenvalue weighted by Gasteiger charge is -2.15. The van der Waals surface area contributed by atoms with E-state index >= 15 is 0 Å². The number of hydrogen-bond acceptors (Lipinski definition) is 5. The first-order chi connectivity index (χ1) is 10.1. The number of nitrogens with zero attached hydrogens (tertiary/aromatic N) is 6. The van der Waals surface area contributed by atoms with E-state index < -0.39 is 0 Å². The van der Waals surface area contributed by atoms with Gasteiger partial charge in [0.15, 0.2) is 11.5 Å². The van der Waals surface area contributed by atoms with Crippen molar-refractivity contribution in [2.24, 2.45) is 7.05 Å². The van der Waals surface area contributed by atoms with Gasteiger partial charge in [-0.1, -0.05) is 0 Å². The fraction of sp³-hybridized carbons (Fsp3) is 0.538. The number of carbonyl (C=O) groups is 1. The summed E-state index contributed by atoms with van der Waals surface area (Å²) in [7, 11) is 3.65. The summed E-state index contributed by atoms with van der Waals surface area (Å²) in [6, 6.07) is 0.0219. The molecule has 112 valence electrons. The number of amides is 2. The molecule has 2 aromatic heterocycles. The van der Waals surface area contributed by atoms with E-state index in [1.165, 1.54) is 0 Å². The molecule has 0 radical (unpaired) electrons. The highest BCUT2D eigenvalue weighted by molar-refractivity contribution is 5.86. The van der Waals surface area contributed by atoms with Gasteiger partial charge >= 0.3 is 6.03 Å². The largest absolute Gasteiger partial charge is 0.370 e. The lowest BCUT2D eigenvalue weighted by atomic mass is 10.3. The number of hydrogen-bond donors (Lipinski definition) is 1. The van der Waals surface area contributed by atoms with Crippen molar-refractivity contribution in [2.45, 2.75) is 13.5 Å². The lowest BCUT2D eigenvalue weighted by Crippen LogP contribution is -2.29. The molecule has 21 heavy (non-hydrogen) atoms. The van der Waals surface area contributed by atoms with Crippen molar-refractivity contribution >= 4 is 22.9 Å². The first-order valence-electron chi connectivity index (χ1n) is 7.02. The highest BCUT2D eigenvalue weighted by Crippen LogP contribution is 2.20. The maximum absolute atomic E-state index is 12.0. The number of rotatable bonds is 4. The van der Waals surface area contributed by atoms with E-state index in [-0.39, 0.29) is 6.03 Å². The summed E-state index contributed by atoms with van der Waals surface area (Å²) < 4.78 is 1.72. The number of fused-ring (bicyclic) bond motifs is 1. The SMILES string of the molecule is CCNc1nc(CN2CCN(C)C2=O)nc2c1cnn2C. The summed E-state index contributed by atoms with van der Waals surface area (Å²) in [4.78, 5) is 24.5. The molecule has 0 aliphatic carbocycles. The molecule has 0 atom stereocenters. The third-order valence-corrected chi connectivity index (χ3v) is 3.62. The molecule has 1 aliphatic heterocycles. The van der Waals surface area contributed by atoms with Crippen LogP contribution in [0.3, 0.4) is 0 Å². The molecular formula is C13H19N7O. The highest BCUT2D eigenvalue weighted by atomic mass is 16.2. The van der Waals surface area contributed by atoms with Crippen molar-refractivity contribution in [3.8, 4) is 0 Å². The zero-order valence-corrected chi connectivity index (χ0v) is 12.5. The molecule has 2 amide bonds. The second-order valence-corrected chi connectivity index (χ2v) is 5.15. The van der Waals surface area contributed by atoms with Gasteiger partial charge in [0.25, 0.3) is 0 Å². The van der Waals surface area contributed by atoms with Gasteiger partial charge < -0.3 is 15.1 Å². The Morgan fingerprint density at radius 2 is 2.10 bits per heavy atom. The minimum atomic E-state index is 0.0219. The quantitative estimate of drug-likeness (QED) is 0.894. The zero-order valence-electron chi connectivity index (χ0n) is 12.5. The van der Waals surface area contributed by atoms with Crippen LogP contribution in [0.4, 0.5) is 10.6 Å². The Morgan fingerprint density at radius 1 is 1.29 bits per heavy atom. The van der Waals surface area contributed by atoms with Crippen molar-refractivity contribution in [1.82, 2.24) is 29.5 Å². The first kappa shape index (κ1) is 13.6. The molecule has 8 heteroatoms. The number of carbonyl (C=O) groups excluding carboxylic acids is 1. The Labute approximate surface area is 122 Å². The summed E-state index contributed by atoms with van der Waals surface area (Å²) >= 11 is 0. The van der Waals surface area contributed by atoms with Gasteiger partial charge in [0.1, 0.15) is 5.82 Å². The van der Waals surface area contributed by atoms with Crippen LogP contribution in [0.25, 0.3) is 11.0 Å². The molecule has 2 aromatic rings. The van der Waals surface area contributed by atoms with E-state index in [9.17, 15) is 4.79 Å². The van der Waals surface area contributed by atoms with E-state index in [0.29, 0.717) is 18.9 Å². The Morgan fingerprint density at radius 3 is 2.76 bits per heavy atom. The van der Waals surface area contributed by atoms with Gasteiger partial charge in [-0.3, -0.25) is 4.68 Å². The Kier molecular flexibility index (Phi) is 3.36. The molecule has 1 aliphatic rings. The molecule has 0 saturated carbocycles. The summed E-state index contributed by atoms with van der Waals surface area (Å²) in [5, 5.41) is 8.35. The van der Waals surface area contributed by atoms with Crippen LogP contribution in [-0.2, 0) is 13.6 Å². The van der Waals surface area contributed by atoms with Crippen LogP contribution >= 0.6 is 0 Å². The molecular weight excluding hydrogens is 270 g/mol. The summed E-state index contributed by atoms with van der Waals surface area (Å²) in [5.74, 6) is 1.40. The smallest absolute Gasteiger partial charge is 0.320 e. The molecule has 1 fully saturated rings. The third kappa shape index (κ3) is 2.37. The van der Waals surface area contributed by atoms with Crippen LogP contribution in [0, 0.1) is 0 Å². The van der Waals surface area contributed by atoms with Crippen LogP contribution in [0.2, 0.25) is 0 Å². The average Bonchev–Trinajstić information content (AvgIpc) is 2.98. The van der Waals surface area contributed by atoms with Gasteiger partial charge in [-0.15, -0.1) is 0 Å². The Balaban J connectivity index is 1.95. The van der Waals surface area contributed by atoms with Gasteiger partial charge in [0.2, 0.25) is 0 Å². The van der Waals surface area contributed by atoms with Crippen LogP contribution in [0.1, 0.15) is 12.7 Å². The minimum Gasteiger partial charge on any atom is -0.370 e. The lowest BCUT2D eigenvalue weighted by molar-refractivity contribution is 0.196. The Bertz CT molecular complexity index is 680. The maximum atomic E-state index is 12.0. The van der Waals surface area contributed by atoms with E-state index in [0.717, 1.165) is 29.9 Å². The van der Waals surface area contributed by atoms with Crippen LogP contribution in [0.15, 0.2) is 6.20 Å². The van der Waals surface area contributed by atoms with Gasteiger partial charge in [-0.05, 0) is 6.92 Å². The van der Waals surface area contributed by atoms with Gasteiger partial charge in [0.05, 0.1) is 18.1 Å². The van der Waals surface area contributed by atoms with Crippen LogP contribution < -0.4 is 5.32 Å². The van der Waals surface area contributed by atoms with Gasteiger partial charge in [0, 0.05) is 33.7 Å². The third-order valence-electron chi connectivity index (χ3n) is 3.62. The Hall–Kier alpha value is -2.38. The molecule has 0 unspecified atom stereocenters. The normalized spacial score (nSPS) is 15.3. The van der Waals surface area contributed by atoms with Crippen molar-refractivity contribution in [3.63, 3.8) is 0 Å². The van der Waals surface area contributed by atoms with Crippen molar-refractivity contribution < 1.29 is 4.79 Å². The van der Waals surface area contributed by atoms with Gasteiger partial charge in [-0.2, -0.15) is 5.10 Å². The van der Waals surface area contributed by atoms with Crippen molar-refractivity contribution in [2.75, 3.05) is 32.0 Å². The molecule has 1 N–H and O–H groups in total. The summed E-state index contributed by atoms with van der Waals surface area (Å²) in [6.45, 7) is 4.66. The maximum Gasteiger partial charge on any atom is 0.320 e. The monoisotopic (exact) mass is 289 g/mol. The molecule has 3 rings (SSSR count). The number of urea groups is 1. The molecule has 0 aromatic carbocycles. The molecule has 0 spiro atoms. The summed E-state index contributed by atoms with van der Waals surface area (Å²) in [6.07, 6.45) is 1.76. The number of anilines is 1. The zero-order chi connectivity index (χ0) is 15.0. The molecule has 3 heterocycles. The standard InChI is InChI=1S/C13H19N7O/c1-4-14-11-9-7-15-19(3)12(9)17-10(16-11)8-20-6-5-18(2)13(20)21/h7H,4-6,8H2,1-3H3,(H,14,16,17). The predicted octanol–water partition coefficient (Wildman–Crippen LogP) is 0.662. The highest BCUT2D eigenvalue weighted by Gasteiger charge is 2.26. The average molecular weight is 289 g/mol. The van der Waals surface area contributed by atoms with Crippen LogP contribution in [-0.4, -0.2) is 62.3 Å². The van der Waals surface area contributed by atoms with E-state index in [4.69, 9.17) is 0 Å². The number of likely N-dealkylation sites (N-methyl/N-ethyl adjacent to an activating group) is 1. The number of aryl methyl sites for hydroxylation is 1. The van der Waals surface area contributed by atoms with E-state index in [2.05, 4.69) is 20.4 Å². The second kappa shape index (κ2) is 5.19. The molecule has 1 saturated heterocycles. The molecule has 8 nitrogen and oxygen atoms in total. The van der Waals surface area contributed by atoms with Crippen LogP contribution in [0.5, 0.6) is 0 Å². The molecule has 0 bridgehead atoms. The number of aromatic nitrogens is 4. The second-order valence-electron chi connectivity index (χ2n) is 5.15.